The number of nitrogens with zero attached hydrogens (tertiary/aromatic N) is 1. The Kier molecular flexibility index (Phi) is 4.64. The minimum absolute atomic E-state index is 0.0166. The van der Waals surface area contributed by atoms with Crippen LogP contribution in [0.1, 0.15) is 16.8 Å². The highest BCUT2D eigenvalue weighted by atomic mass is 16.6. The van der Waals surface area contributed by atoms with Crippen LogP contribution in [0.2, 0.25) is 0 Å². The molecule has 0 fully saturated rings. The molecule has 104 valence electrons. The van der Waals surface area contributed by atoms with Crippen LogP contribution in [0.4, 0.5) is 11.4 Å². The summed E-state index contributed by atoms with van der Waals surface area (Å²) in [7, 11) is 0. The Morgan fingerprint density at radius 3 is 2.65 bits per heavy atom. The molecule has 1 unspecified atom stereocenters. The second-order valence-electron chi connectivity index (χ2n) is 3.80. The molecule has 1 rings (SSSR count). The fourth-order valence-corrected chi connectivity index (χ4v) is 1.47. The van der Waals surface area contributed by atoms with E-state index in [0.717, 1.165) is 12.1 Å². The summed E-state index contributed by atoms with van der Waals surface area (Å²) in [5.41, 5.74) is 4.58. The average molecular weight is 277 g/mol. The van der Waals surface area contributed by atoms with Crippen LogP contribution < -0.4 is 11.1 Å². The van der Waals surface area contributed by atoms with Gasteiger partial charge in [-0.05, 0) is 12.1 Å². The van der Waals surface area contributed by atoms with Crippen molar-refractivity contribution in [3.63, 3.8) is 0 Å². The molecule has 4 N–H and O–H groups in total. The molecule has 8 nitrogen and oxygen atoms in total. The van der Waals surface area contributed by atoms with Gasteiger partial charge in [-0.3, -0.25) is 14.9 Å². The molecule has 0 spiro atoms. The first-order chi connectivity index (χ1) is 9.36. The number of carboxylic acid groups (broad SMARTS) is 1. The zero-order valence-electron chi connectivity index (χ0n) is 10.2. The number of nitrogens with one attached hydrogen (secondary N) is 1. The Morgan fingerprint density at radius 2 is 2.20 bits per heavy atom. The van der Waals surface area contributed by atoms with Crippen LogP contribution in [-0.4, -0.2) is 27.9 Å². The summed E-state index contributed by atoms with van der Waals surface area (Å²) in [6.07, 6.45) is 4.86. The van der Waals surface area contributed by atoms with Gasteiger partial charge in [0, 0.05) is 18.1 Å². The first kappa shape index (κ1) is 15.0. The summed E-state index contributed by atoms with van der Waals surface area (Å²) >= 11 is 0. The van der Waals surface area contributed by atoms with E-state index in [1.165, 1.54) is 6.07 Å². The number of rotatable bonds is 6. The van der Waals surface area contributed by atoms with Gasteiger partial charge in [-0.2, -0.15) is 0 Å². The normalized spacial score (nSPS) is 11.2. The fourth-order valence-electron chi connectivity index (χ4n) is 1.47. The van der Waals surface area contributed by atoms with Crippen molar-refractivity contribution in [1.29, 1.82) is 0 Å². The number of hydrogen-bond donors (Lipinski definition) is 3. The molecule has 1 amide bonds. The molecule has 1 aromatic rings. The highest BCUT2D eigenvalue weighted by Gasteiger charge is 2.22. The molecule has 0 radical (unpaired) electrons. The van der Waals surface area contributed by atoms with Crippen LogP contribution in [0.15, 0.2) is 18.2 Å². The Bertz CT molecular complexity index is 606. The summed E-state index contributed by atoms with van der Waals surface area (Å²) in [6, 6.07) is 2.16. The van der Waals surface area contributed by atoms with E-state index >= 15 is 0 Å². The molecule has 0 saturated carbocycles. The van der Waals surface area contributed by atoms with Crippen molar-refractivity contribution in [3.8, 4) is 12.3 Å². The van der Waals surface area contributed by atoms with E-state index in [1.54, 1.807) is 0 Å². The highest BCUT2D eigenvalue weighted by Crippen LogP contribution is 2.26. The van der Waals surface area contributed by atoms with Gasteiger partial charge < -0.3 is 16.2 Å². The van der Waals surface area contributed by atoms with Gasteiger partial charge in [-0.15, -0.1) is 12.3 Å². The number of primary amides is 1. The number of anilines is 1. The van der Waals surface area contributed by atoms with Gasteiger partial charge in [-0.25, -0.2) is 4.79 Å². The maximum atomic E-state index is 11.1. The van der Waals surface area contributed by atoms with Crippen LogP contribution >= 0.6 is 0 Å². The largest absolute Gasteiger partial charge is 0.480 e. The standard InChI is InChI=1S/C12H11N3O5/c1-2-3-8(12(17)18)14-9-6-7(11(13)16)4-5-10(9)15(19)20/h1,4-6,8,14H,3H2,(H2,13,16)(H,17,18). The number of nitrogens with two attached hydrogens (primary N) is 1. The van der Waals surface area contributed by atoms with E-state index < -0.39 is 22.8 Å². The van der Waals surface area contributed by atoms with Crippen molar-refractivity contribution in [2.45, 2.75) is 12.5 Å². The first-order valence-electron chi connectivity index (χ1n) is 5.38. The fraction of sp³-hybridized carbons (Fsp3) is 0.167. The monoisotopic (exact) mass is 277 g/mol. The third kappa shape index (κ3) is 3.46. The van der Waals surface area contributed by atoms with Crippen LogP contribution in [-0.2, 0) is 4.79 Å². The zero-order valence-corrected chi connectivity index (χ0v) is 10.2. The van der Waals surface area contributed by atoms with E-state index in [9.17, 15) is 19.7 Å². The molecule has 0 bridgehead atoms. The van der Waals surface area contributed by atoms with E-state index in [1.807, 2.05) is 0 Å². The van der Waals surface area contributed by atoms with E-state index in [2.05, 4.69) is 11.2 Å². The van der Waals surface area contributed by atoms with E-state index in [-0.39, 0.29) is 23.4 Å². The van der Waals surface area contributed by atoms with Crippen molar-refractivity contribution >= 4 is 23.3 Å². The topological polar surface area (TPSA) is 136 Å². The van der Waals surface area contributed by atoms with Crippen LogP contribution in [0, 0.1) is 22.5 Å². The number of carbonyl (C=O) groups excluding carboxylic acids is 1. The minimum atomic E-state index is -1.26. The van der Waals surface area contributed by atoms with Crippen LogP contribution in [0.3, 0.4) is 0 Å². The average Bonchev–Trinajstić information content (AvgIpc) is 2.37. The maximum Gasteiger partial charge on any atom is 0.327 e. The Labute approximate surface area is 113 Å². The number of benzene rings is 1. The van der Waals surface area contributed by atoms with Crippen LogP contribution in [0.5, 0.6) is 0 Å². The Morgan fingerprint density at radius 1 is 1.55 bits per heavy atom. The predicted molar refractivity (Wildman–Crippen MR) is 70.1 cm³/mol. The summed E-state index contributed by atoms with van der Waals surface area (Å²) in [5.74, 6) is 0.103. The summed E-state index contributed by atoms with van der Waals surface area (Å²) in [6.45, 7) is 0. The molecule has 1 atom stereocenters. The van der Waals surface area contributed by atoms with Crippen LogP contribution in [0.25, 0.3) is 0 Å². The Balaban J connectivity index is 3.22. The lowest BCUT2D eigenvalue weighted by Gasteiger charge is -2.13. The molecule has 0 aromatic heterocycles. The van der Waals surface area contributed by atoms with Crippen molar-refractivity contribution in [2.75, 3.05) is 5.32 Å². The number of carbonyl (C=O) groups is 2. The van der Waals surface area contributed by atoms with E-state index in [0.29, 0.717) is 0 Å². The van der Waals surface area contributed by atoms with Crippen molar-refractivity contribution in [3.05, 3.63) is 33.9 Å². The quantitative estimate of drug-likeness (QED) is 0.395. The molecule has 0 aliphatic heterocycles. The number of carboxylic acids is 1. The second-order valence-corrected chi connectivity index (χ2v) is 3.80. The van der Waals surface area contributed by atoms with Crippen molar-refractivity contribution in [1.82, 2.24) is 0 Å². The molecule has 20 heavy (non-hydrogen) atoms. The number of amides is 1. The van der Waals surface area contributed by atoms with Gasteiger partial charge in [0.25, 0.3) is 5.69 Å². The predicted octanol–water partition coefficient (Wildman–Crippen LogP) is 0.582. The molecule has 1 aromatic carbocycles. The molecule has 8 heteroatoms. The van der Waals surface area contributed by atoms with Gasteiger partial charge >= 0.3 is 5.97 Å². The minimum Gasteiger partial charge on any atom is -0.480 e. The number of aliphatic carboxylic acids is 1. The van der Waals surface area contributed by atoms with Crippen molar-refractivity contribution < 1.29 is 19.6 Å². The third-order valence-electron chi connectivity index (χ3n) is 2.43. The number of terminal acetylenes is 1. The second kappa shape index (κ2) is 6.19. The summed E-state index contributed by atoms with van der Waals surface area (Å²) < 4.78 is 0. The third-order valence-corrected chi connectivity index (χ3v) is 2.43. The summed E-state index contributed by atoms with van der Waals surface area (Å²) in [5, 5.41) is 22.3. The lowest BCUT2D eigenvalue weighted by Crippen LogP contribution is -2.29. The lowest BCUT2D eigenvalue weighted by atomic mass is 10.1. The zero-order chi connectivity index (χ0) is 15.3. The van der Waals surface area contributed by atoms with Gasteiger partial charge in [0.1, 0.15) is 11.7 Å². The summed E-state index contributed by atoms with van der Waals surface area (Å²) in [4.78, 5) is 32.2. The molecule has 0 saturated heterocycles. The maximum absolute atomic E-state index is 11.1. The number of nitro benzene ring substituents is 1. The molecule has 0 aliphatic carbocycles. The number of hydrogen-bond acceptors (Lipinski definition) is 5. The smallest absolute Gasteiger partial charge is 0.327 e. The highest BCUT2D eigenvalue weighted by molar-refractivity contribution is 5.95. The SMILES string of the molecule is C#CCC(Nc1cc(C(N)=O)ccc1[N+](=O)[O-])C(=O)O. The van der Waals surface area contributed by atoms with Crippen molar-refractivity contribution in [2.24, 2.45) is 5.73 Å². The first-order valence-corrected chi connectivity index (χ1v) is 5.38. The van der Waals surface area contributed by atoms with E-state index in [4.69, 9.17) is 17.3 Å². The van der Waals surface area contributed by atoms with Gasteiger partial charge in [0.15, 0.2) is 0 Å². The molecular formula is C12H11N3O5. The van der Waals surface area contributed by atoms with Gasteiger partial charge in [0.2, 0.25) is 5.91 Å². The number of nitro groups is 1. The van der Waals surface area contributed by atoms with Gasteiger partial charge in [0.05, 0.1) is 4.92 Å². The van der Waals surface area contributed by atoms with Gasteiger partial charge in [-0.1, -0.05) is 0 Å². The molecule has 0 heterocycles. The lowest BCUT2D eigenvalue weighted by molar-refractivity contribution is -0.384. The Hall–Kier alpha value is -3.08. The molecule has 0 aliphatic rings. The molecular weight excluding hydrogens is 266 g/mol.